The van der Waals surface area contributed by atoms with E-state index in [2.05, 4.69) is 11.4 Å². The van der Waals surface area contributed by atoms with Crippen LogP contribution in [0.3, 0.4) is 0 Å². The fraction of sp³-hybridized carbons (Fsp3) is 0.600. The van der Waals surface area contributed by atoms with Crippen molar-refractivity contribution in [1.82, 2.24) is 5.32 Å². The van der Waals surface area contributed by atoms with E-state index in [1.165, 1.54) is 24.0 Å². The second kappa shape index (κ2) is 9.35. The largest absolute Gasteiger partial charge is 0.349 e. The molecule has 0 radical (unpaired) electrons. The van der Waals surface area contributed by atoms with Gasteiger partial charge >= 0.3 is 0 Å². The fourth-order valence-corrected chi connectivity index (χ4v) is 3.09. The Morgan fingerprint density at radius 3 is 2.40 bits per heavy atom. The van der Waals surface area contributed by atoms with E-state index in [0.29, 0.717) is 6.54 Å². The number of nitrogens with two attached hydrogens (primary N) is 1. The zero-order chi connectivity index (χ0) is 17.7. The van der Waals surface area contributed by atoms with Gasteiger partial charge in [-0.1, -0.05) is 26.0 Å². The maximum absolute atomic E-state index is 12.4. The number of Topliss-reactive ketones (excluding diaryl/α,β-unsaturated/α-hetero) is 1. The van der Waals surface area contributed by atoms with Gasteiger partial charge in [-0.05, 0) is 55.7 Å². The van der Waals surface area contributed by atoms with E-state index in [1.54, 1.807) is 0 Å². The van der Waals surface area contributed by atoms with E-state index in [0.717, 1.165) is 18.4 Å². The summed E-state index contributed by atoms with van der Waals surface area (Å²) in [7, 11) is 0. The van der Waals surface area contributed by atoms with E-state index in [4.69, 9.17) is 5.73 Å². The van der Waals surface area contributed by atoms with Crippen molar-refractivity contribution in [2.75, 3.05) is 6.54 Å². The average molecular weight is 367 g/mol. The summed E-state index contributed by atoms with van der Waals surface area (Å²) in [5.41, 5.74) is 8.76. The Labute approximate surface area is 157 Å². The minimum absolute atomic E-state index is 0. The van der Waals surface area contributed by atoms with E-state index < -0.39 is 5.54 Å². The molecule has 0 saturated heterocycles. The molecule has 1 amide bonds. The lowest BCUT2D eigenvalue weighted by atomic mass is 9.88. The first-order valence-corrected chi connectivity index (χ1v) is 9.02. The number of ketones is 1. The number of nitrogens with one attached hydrogen (secondary N) is 1. The van der Waals surface area contributed by atoms with E-state index in [-0.39, 0.29) is 42.9 Å². The highest BCUT2D eigenvalue weighted by Gasteiger charge is 2.28. The van der Waals surface area contributed by atoms with Crippen LogP contribution in [-0.2, 0) is 17.6 Å². The van der Waals surface area contributed by atoms with Crippen LogP contribution in [0, 0.1) is 5.92 Å². The monoisotopic (exact) mass is 366 g/mol. The van der Waals surface area contributed by atoms with Crippen LogP contribution in [0.2, 0.25) is 0 Å². The Kier molecular flexibility index (Phi) is 8.10. The third kappa shape index (κ3) is 5.55. The zero-order valence-electron chi connectivity index (χ0n) is 15.6. The molecule has 25 heavy (non-hydrogen) atoms. The number of benzene rings is 1. The van der Waals surface area contributed by atoms with E-state index in [1.807, 2.05) is 32.9 Å². The van der Waals surface area contributed by atoms with Crippen LogP contribution in [-0.4, -0.2) is 23.8 Å². The predicted octanol–water partition coefficient (Wildman–Crippen LogP) is 3.44. The molecule has 0 saturated carbocycles. The molecule has 0 spiro atoms. The summed E-state index contributed by atoms with van der Waals surface area (Å²) in [5.74, 6) is 0.170. The van der Waals surface area contributed by atoms with Gasteiger partial charge in [-0.15, -0.1) is 12.4 Å². The average Bonchev–Trinajstić information content (AvgIpc) is 2.58. The van der Waals surface area contributed by atoms with Crippen molar-refractivity contribution in [3.8, 4) is 0 Å². The molecule has 1 aliphatic rings. The third-order valence-electron chi connectivity index (χ3n) is 5.37. The van der Waals surface area contributed by atoms with Crippen molar-refractivity contribution in [2.24, 2.45) is 11.7 Å². The maximum atomic E-state index is 12.4. The van der Waals surface area contributed by atoms with E-state index in [9.17, 15) is 9.59 Å². The Bertz CT molecular complexity index is 616. The SMILES string of the molecule is CC(C)C(C)(CN)NC(=O)CCC(=O)c1ccc2c(c1)CCCC2.Cl. The normalized spacial score (nSPS) is 15.7. The molecule has 0 fully saturated rings. The lowest BCUT2D eigenvalue weighted by Gasteiger charge is -2.33. The topological polar surface area (TPSA) is 72.2 Å². The quantitative estimate of drug-likeness (QED) is 0.726. The zero-order valence-corrected chi connectivity index (χ0v) is 16.4. The second-order valence-electron chi connectivity index (χ2n) is 7.44. The molecule has 1 aromatic rings. The summed E-state index contributed by atoms with van der Waals surface area (Å²) in [4.78, 5) is 24.6. The number of carbonyl (C=O) groups excluding carboxylic acids is 2. The van der Waals surface area contributed by atoms with Crippen LogP contribution in [0.25, 0.3) is 0 Å². The third-order valence-corrected chi connectivity index (χ3v) is 5.37. The Morgan fingerprint density at radius 1 is 1.16 bits per heavy atom. The van der Waals surface area contributed by atoms with Crippen molar-refractivity contribution in [3.05, 3.63) is 34.9 Å². The molecule has 0 heterocycles. The predicted molar refractivity (Wildman–Crippen MR) is 104 cm³/mol. The molecule has 3 N–H and O–H groups in total. The Balaban J connectivity index is 0.00000312. The summed E-state index contributed by atoms with van der Waals surface area (Å²) in [5, 5.41) is 2.98. The maximum Gasteiger partial charge on any atom is 0.220 e. The van der Waals surface area contributed by atoms with Crippen molar-refractivity contribution in [2.45, 2.75) is 64.8 Å². The van der Waals surface area contributed by atoms with Crippen LogP contribution < -0.4 is 11.1 Å². The van der Waals surface area contributed by atoms with Gasteiger partial charge < -0.3 is 11.1 Å². The molecule has 1 atom stereocenters. The highest BCUT2D eigenvalue weighted by Crippen LogP contribution is 2.23. The van der Waals surface area contributed by atoms with Crippen LogP contribution in [0.15, 0.2) is 18.2 Å². The molecule has 140 valence electrons. The molecule has 0 bridgehead atoms. The number of hydrogen-bond acceptors (Lipinski definition) is 3. The lowest BCUT2D eigenvalue weighted by molar-refractivity contribution is -0.123. The van der Waals surface area contributed by atoms with Gasteiger partial charge in [0.25, 0.3) is 0 Å². The number of aryl methyl sites for hydroxylation is 2. The van der Waals surface area contributed by atoms with Crippen LogP contribution in [0.1, 0.15) is 67.9 Å². The van der Waals surface area contributed by atoms with Crippen molar-refractivity contribution in [1.29, 1.82) is 0 Å². The summed E-state index contributed by atoms with van der Waals surface area (Å²) >= 11 is 0. The number of halogens is 1. The number of amides is 1. The lowest BCUT2D eigenvalue weighted by Crippen LogP contribution is -2.55. The number of hydrogen-bond donors (Lipinski definition) is 2. The molecule has 2 rings (SSSR count). The van der Waals surface area contributed by atoms with Crippen LogP contribution in [0.5, 0.6) is 0 Å². The van der Waals surface area contributed by atoms with Crippen molar-refractivity contribution in [3.63, 3.8) is 0 Å². The van der Waals surface area contributed by atoms with Gasteiger partial charge in [0.2, 0.25) is 5.91 Å². The molecule has 4 nitrogen and oxygen atoms in total. The van der Waals surface area contributed by atoms with E-state index >= 15 is 0 Å². The minimum Gasteiger partial charge on any atom is -0.349 e. The number of carbonyl (C=O) groups is 2. The molecule has 0 aliphatic heterocycles. The first-order chi connectivity index (χ1) is 11.4. The summed E-state index contributed by atoms with van der Waals surface area (Å²) in [6, 6.07) is 6.00. The molecule has 1 unspecified atom stereocenters. The van der Waals surface area contributed by atoms with Gasteiger partial charge in [0.15, 0.2) is 5.78 Å². The van der Waals surface area contributed by atoms with Crippen molar-refractivity contribution >= 4 is 24.1 Å². The molecule has 5 heteroatoms. The first kappa shape index (κ1) is 21.7. The van der Waals surface area contributed by atoms with Gasteiger partial charge in [-0.2, -0.15) is 0 Å². The van der Waals surface area contributed by atoms with Crippen LogP contribution in [0.4, 0.5) is 0 Å². The minimum atomic E-state index is -0.425. The van der Waals surface area contributed by atoms with Crippen molar-refractivity contribution < 1.29 is 9.59 Å². The fourth-order valence-electron chi connectivity index (χ4n) is 3.09. The smallest absolute Gasteiger partial charge is 0.220 e. The van der Waals surface area contributed by atoms with Crippen LogP contribution >= 0.6 is 12.4 Å². The van der Waals surface area contributed by atoms with Gasteiger partial charge in [0.05, 0.1) is 5.54 Å². The molecular formula is C20H31ClN2O2. The highest BCUT2D eigenvalue weighted by atomic mass is 35.5. The molecule has 1 aliphatic carbocycles. The second-order valence-corrected chi connectivity index (χ2v) is 7.44. The Hall–Kier alpha value is -1.39. The van der Waals surface area contributed by atoms with Gasteiger partial charge in [-0.25, -0.2) is 0 Å². The molecule has 0 aromatic heterocycles. The van der Waals surface area contributed by atoms with Gasteiger partial charge in [0.1, 0.15) is 0 Å². The Morgan fingerprint density at radius 2 is 1.80 bits per heavy atom. The number of fused-ring (bicyclic) bond motifs is 1. The molecular weight excluding hydrogens is 336 g/mol. The summed E-state index contributed by atoms with van der Waals surface area (Å²) < 4.78 is 0. The standard InChI is InChI=1S/C20H30N2O2.ClH/c1-14(2)20(3,13-21)22-19(24)11-10-18(23)17-9-8-15-6-4-5-7-16(15)12-17;/h8-9,12,14H,4-7,10-11,13,21H2,1-3H3,(H,22,24);1H. The van der Waals surface area contributed by atoms with Gasteiger partial charge in [0, 0.05) is 24.9 Å². The highest BCUT2D eigenvalue weighted by molar-refractivity contribution is 5.98. The van der Waals surface area contributed by atoms with Gasteiger partial charge in [-0.3, -0.25) is 9.59 Å². The summed E-state index contributed by atoms with van der Waals surface area (Å²) in [6.45, 7) is 6.40. The molecule has 1 aromatic carbocycles. The summed E-state index contributed by atoms with van der Waals surface area (Å²) in [6.07, 6.45) is 5.04. The first-order valence-electron chi connectivity index (χ1n) is 9.02. The number of rotatable bonds is 7.